The van der Waals surface area contributed by atoms with Gasteiger partial charge in [-0.1, -0.05) is 25.1 Å². The van der Waals surface area contributed by atoms with Crippen LogP contribution in [0.3, 0.4) is 0 Å². The van der Waals surface area contributed by atoms with Crippen LogP contribution in [0.15, 0.2) is 30.3 Å². The van der Waals surface area contributed by atoms with E-state index >= 15 is 0 Å². The first-order valence-corrected chi connectivity index (χ1v) is 10.9. The summed E-state index contributed by atoms with van der Waals surface area (Å²) in [6.45, 7) is 5.80. The fourth-order valence-electron chi connectivity index (χ4n) is 3.30. The van der Waals surface area contributed by atoms with Crippen molar-refractivity contribution < 1.29 is 13.2 Å². The average Bonchev–Trinajstić information content (AvgIpc) is 2.64. The van der Waals surface area contributed by atoms with E-state index in [1.165, 1.54) is 26.9 Å². The Bertz CT molecular complexity index is 694. The SMILES string of the molecule is CC1CCCN(CCCNC(=O)CN(c2ccccc2)S(=O)(=O)N(C)C)C1. The van der Waals surface area contributed by atoms with Crippen LogP contribution < -0.4 is 9.62 Å². The number of rotatable bonds is 9. The molecule has 1 amide bonds. The Hall–Kier alpha value is -1.64. The Kier molecular flexibility index (Phi) is 8.07. The van der Waals surface area contributed by atoms with Gasteiger partial charge < -0.3 is 10.2 Å². The van der Waals surface area contributed by atoms with Crippen molar-refractivity contribution in [2.24, 2.45) is 5.92 Å². The predicted octanol–water partition coefficient (Wildman–Crippen LogP) is 1.54. The fourth-order valence-corrected chi connectivity index (χ4v) is 4.37. The van der Waals surface area contributed by atoms with Gasteiger partial charge in [-0.2, -0.15) is 12.7 Å². The topological polar surface area (TPSA) is 73.0 Å². The van der Waals surface area contributed by atoms with Crippen LogP contribution in [0.4, 0.5) is 5.69 Å². The molecule has 1 aliphatic rings. The molecule has 1 atom stereocenters. The van der Waals surface area contributed by atoms with Crippen LogP contribution in [0, 0.1) is 5.92 Å². The monoisotopic (exact) mass is 396 g/mol. The minimum atomic E-state index is -3.74. The van der Waals surface area contributed by atoms with Gasteiger partial charge >= 0.3 is 10.2 Å². The van der Waals surface area contributed by atoms with Gasteiger partial charge in [0.25, 0.3) is 0 Å². The second kappa shape index (κ2) is 10.1. The normalized spacial score (nSPS) is 18.4. The summed E-state index contributed by atoms with van der Waals surface area (Å²) in [6, 6.07) is 8.69. The number of piperidine rings is 1. The van der Waals surface area contributed by atoms with E-state index < -0.39 is 10.2 Å². The number of likely N-dealkylation sites (tertiary alicyclic amines) is 1. The second-order valence-corrected chi connectivity index (χ2v) is 9.45. The minimum absolute atomic E-state index is 0.231. The van der Waals surface area contributed by atoms with Gasteiger partial charge in [-0.05, 0) is 50.4 Å². The van der Waals surface area contributed by atoms with E-state index in [4.69, 9.17) is 0 Å². The maximum Gasteiger partial charge on any atom is 0.304 e. The molecule has 1 N–H and O–H groups in total. The van der Waals surface area contributed by atoms with Crippen molar-refractivity contribution in [3.8, 4) is 0 Å². The summed E-state index contributed by atoms with van der Waals surface area (Å²) in [6.07, 6.45) is 3.40. The van der Waals surface area contributed by atoms with Gasteiger partial charge in [0.1, 0.15) is 6.54 Å². The van der Waals surface area contributed by atoms with Gasteiger partial charge in [0, 0.05) is 27.2 Å². The smallest absolute Gasteiger partial charge is 0.304 e. The van der Waals surface area contributed by atoms with Crippen LogP contribution in [-0.4, -0.2) is 70.3 Å². The van der Waals surface area contributed by atoms with E-state index in [-0.39, 0.29) is 12.5 Å². The third-order valence-electron chi connectivity index (χ3n) is 4.79. The summed E-state index contributed by atoms with van der Waals surface area (Å²) in [4.78, 5) is 14.8. The van der Waals surface area contributed by atoms with Gasteiger partial charge in [0.05, 0.1) is 5.69 Å². The molecule has 1 aromatic rings. The Morgan fingerprint density at radius 2 is 1.96 bits per heavy atom. The number of nitrogens with one attached hydrogen (secondary N) is 1. The van der Waals surface area contributed by atoms with Crippen molar-refractivity contribution in [1.29, 1.82) is 0 Å². The van der Waals surface area contributed by atoms with Crippen LogP contribution >= 0.6 is 0 Å². The lowest BCUT2D eigenvalue weighted by Gasteiger charge is -2.30. The molecule has 0 aromatic heterocycles. The zero-order valence-electron chi connectivity index (χ0n) is 16.6. The van der Waals surface area contributed by atoms with Crippen LogP contribution in [0.1, 0.15) is 26.2 Å². The number of nitrogens with zero attached hydrogens (tertiary/aromatic N) is 3. The molecular weight excluding hydrogens is 364 g/mol. The first kappa shape index (κ1) is 21.7. The molecule has 0 spiro atoms. The maximum atomic E-state index is 12.6. The standard InChI is InChI=1S/C19H32N4O3S/c1-17-9-7-13-22(15-17)14-8-12-20-19(24)16-23(27(25,26)21(2)3)18-10-5-4-6-11-18/h4-6,10-11,17H,7-9,12-16H2,1-3H3,(H,20,24). The molecule has 0 radical (unpaired) electrons. The number of para-hydroxylation sites is 1. The minimum Gasteiger partial charge on any atom is -0.354 e. The van der Waals surface area contributed by atoms with Crippen LogP contribution in [0.25, 0.3) is 0 Å². The lowest BCUT2D eigenvalue weighted by molar-refractivity contribution is -0.119. The molecule has 0 aliphatic carbocycles. The zero-order valence-corrected chi connectivity index (χ0v) is 17.4. The molecule has 8 heteroatoms. The van der Waals surface area contributed by atoms with Crippen LogP contribution in [-0.2, 0) is 15.0 Å². The molecule has 1 heterocycles. The van der Waals surface area contributed by atoms with Crippen molar-refractivity contribution >= 4 is 21.8 Å². The summed E-state index contributed by atoms with van der Waals surface area (Å²) in [5.41, 5.74) is 0.476. The molecule has 1 fully saturated rings. The second-order valence-electron chi connectivity index (χ2n) is 7.38. The van der Waals surface area contributed by atoms with Gasteiger partial charge in [-0.15, -0.1) is 0 Å². The van der Waals surface area contributed by atoms with Gasteiger partial charge in [-0.3, -0.25) is 4.79 Å². The van der Waals surface area contributed by atoms with Crippen molar-refractivity contribution in [3.05, 3.63) is 30.3 Å². The lowest BCUT2D eigenvalue weighted by atomic mass is 10.0. The molecule has 2 rings (SSSR count). The number of anilines is 1. The van der Waals surface area contributed by atoms with Crippen molar-refractivity contribution in [2.75, 3.05) is 51.1 Å². The van der Waals surface area contributed by atoms with Gasteiger partial charge in [0.2, 0.25) is 5.91 Å². The molecular formula is C19H32N4O3S. The molecule has 1 aromatic carbocycles. The predicted molar refractivity (Wildman–Crippen MR) is 109 cm³/mol. The molecule has 152 valence electrons. The third kappa shape index (κ3) is 6.48. The highest BCUT2D eigenvalue weighted by atomic mass is 32.2. The zero-order chi connectivity index (χ0) is 19.9. The summed E-state index contributed by atoms with van der Waals surface area (Å²) < 4.78 is 27.4. The average molecular weight is 397 g/mol. The molecule has 0 bridgehead atoms. The Balaban J connectivity index is 1.87. The van der Waals surface area contributed by atoms with E-state index in [0.29, 0.717) is 12.2 Å². The first-order valence-electron chi connectivity index (χ1n) is 9.55. The van der Waals surface area contributed by atoms with E-state index in [9.17, 15) is 13.2 Å². The summed E-state index contributed by atoms with van der Waals surface area (Å²) >= 11 is 0. The number of carbonyl (C=O) groups is 1. The van der Waals surface area contributed by atoms with Gasteiger partial charge in [0.15, 0.2) is 0 Å². The van der Waals surface area contributed by atoms with Crippen molar-refractivity contribution in [1.82, 2.24) is 14.5 Å². The Morgan fingerprint density at radius 1 is 1.26 bits per heavy atom. The molecule has 1 unspecified atom stereocenters. The molecule has 1 aliphatic heterocycles. The van der Waals surface area contributed by atoms with Crippen LogP contribution in [0.2, 0.25) is 0 Å². The maximum absolute atomic E-state index is 12.6. The number of hydrogen-bond donors (Lipinski definition) is 1. The Morgan fingerprint density at radius 3 is 2.59 bits per heavy atom. The number of carbonyl (C=O) groups excluding carboxylic acids is 1. The van der Waals surface area contributed by atoms with E-state index in [1.54, 1.807) is 24.3 Å². The van der Waals surface area contributed by atoms with E-state index in [2.05, 4.69) is 17.1 Å². The number of amides is 1. The third-order valence-corrected chi connectivity index (χ3v) is 6.61. The Labute approximate surface area is 163 Å². The van der Waals surface area contributed by atoms with E-state index in [1.807, 2.05) is 6.07 Å². The molecule has 27 heavy (non-hydrogen) atoms. The number of benzene rings is 1. The van der Waals surface area contributed by atoms with E-state index in [0.717, 1.165) is 40.6 Å². The van der Waals surface area contributed by atoms with Gasteiger partial charge in [-0.25, -0.2) is 4.31 Å². The highest BCUT2D eigenvalue weighted by Crippen LogP contribution is 2.18. The van der Waals surface area contributed by atoms with Crippen molar-refractivity contribution in [2.45, 2.75) is 26.2 Å². The molecule has 7 nitrogen and oxygen atoms in total. The largest absolute Gasteiger partial charge is 0.354 e. The lowest BCUT2D eigenvalue weighted by Crippen LogP contribution is -2.46. The highest BCUT2D eigenvalue weighted by Gasteiger charge is 2.27. The van der Waals surface area contributed by atoms with Crippen molar-refractivity contribution in [3.63, 3.8) is 0 Å². The quantitative estimate of drug-likeness (QED) is 0.643. The summed E-state index contributed by atoms with van der Waals surface area (Å²) in [5.74, 6) is 0.445. The summed E-state index contributed by atoms with van der Waals surface area (Å²) in [7, 11) is -0.821. The number of hydrogen-bond acceptors (Lipinski definition) is 4. The van der Waals surface area contributed by atoms with Crippen LogP contribution in [0.5, 0.6) is 0 Å². The molecule has 0 saturated carbocycles. The first-order chi connectivity index (χ1) is 12.8. The highest BCUT2D eigenvalue weighted by molar-refractivity contribution is 7.90. The molecule has 1 saturated heterocycles. The fraction of sp³-hybridized carbons (Fsp3) is 0.632. The summed E-state index contributed by atoms with van der Waals surface area (Å²) in [5, 5.41) is 2.85.